The zero-order valence-corrected chi connectivity index (χ0v) is 15.7. The molecular formula is C20H31NO5. The lowest BCUT2D eigenvalue weighted by Gasteiger charge is -2.43. The highest BCUT2D eigenvalue weighted by Gasteiger charge is 2.48. The molecule has 0 radical (unpaired) electrons. The van der Waals surface area contributed by atoms with Crippen LogP contribution in [-0.4, -0.2) is 58.6 Å². The maximum atomic E-state index is 12.0. The summed E-state index contributed by atoms with van der Waals surface area (Å²) < 4.78 is 5.36. The van der Waals surface area contributed by atoms with E-state index in [1.54, 1.807) is 0 Å². The van der Waals surface area contributed by atoms with Crippen LogP contribution in [0.3, 0.4) is 0 Å². The summed E-state index contributed by atoms with van der Waals surface area (Å²) in [6.45, 7) is 6.07. The van der Waals surface area contributed by atoms with Crippen LogP contribution in [0.2, 0.25) is 0 Å². The summed E-state index contributed by atoms with van der Waals surface area (Å²) in [7, 11) is 0. The molecule has 0 aromatic heterocycles. The van der Waals surface area contributed by atoms with Crippen LogP contribution in [0.15, 0.2) is 24.3 Å². The summed E-state index contributed by atoms with van der Waals surface area (Å²) in [6.07, 6.45) is 0.950. The second-order valence-corrected chi connectivity index (χ2v) is 7.62. The van der Waals surface area contributed by atoms with E-state index in [4.69, 9.17) is 9.84 Å². The minimum atomic E-state index is -1.09. The first-order chi connectivity index (χ1) is 12.4. The Morgan fingerprint density at radius 1 is 1.35 bits per heavy atom. The summed E-state index contributed by atoms with van der Waals surface area (Å²) in [5.74, 6) is 0.206. The van der Waals surface area contributed by atoms with Gasteiger partial charge in [-0.05, 0) is 42.9 Å². The van der Waals surface area contributed by atoms with Gasteiger partial charge in [0.05, 0.1) is 12.7 Å². The fourth-order valence-corrected chi connectivity index (χ4v) is 3.52. The van der Waals surface area contributed by atoms with Gasteiger partial charge in [-0.2, -0.15) is 0 Å². The van der Waals surface area contributed by atoms with E-state index in [0.717, 1.165) is 12.0 Å². The van der Waals surface area contributed by atoms with Crippen LogP contribution in [0.4, 0.5) is 0 Å². The lowest BCUT2D eigenvalue weighted by atomic mass is 9.72. The number of hydrogen-bond acceptors (Lipinski definition) is 5. The van der Waals surface area contributed by atoms with Crippen LogP contribution in [0, 0.1) is 11.3 Å². The molecule has 1 aliphatic rings. The number of benzene rings is 1. The highest BCUT2D eigenvalue weighted by atomic mass is 16.5. The number of nitrogens with zero attached hydrogens (tertiary/aromatic N) is 1. The van der Waals surface area contributed by atoms with Crippen LogP contribution in [-0.2, 0) is 11.3 Å². The van der Waals surface area contributed by atoms with Gasteiger partial charge in [-0.3, -0.25) is 9.69 Å². The number of aliphatic hydroxyl groups excluding tert-OH is 2. The predicted octanol–water partition coefficient (Wildman–Crippen LogP) is 2.13. The van der Waals surface area contributed by atoms with Crippen molar-refractivity contribution in [2.24, 2.45) is 11.3 Å². The van der Waals surface area contributed by atoms with Gasteiger partial charge in [0.25, 0.3) is 0 Å². The molecule has 1 aromatic carbocycles. The van der Waals surface area contributed by atoms with Crippen LogP contribution in [0.1, 0.15) is 38.7 Å². The summed E-state index contributed by atoms with van der Waals surface area (Å²) >= 11 is 0. The van der Waals surface area contributed by atoms with Gasteiger partial charge in [-0.25, -0.2) is 0 Å². The first kappa shape index (κ1) is 20.7. The maximum absolute atomic E-state index is 12.0. The molecule has 0 unspecified atom stereocenters. The van der Waals surface area contributed by atoms with Gasteiger partial charge in [0.1, 0.15) is 17.8 Å². The average molecular weight is 365 g/mol. The van der Waals surface area contributed by atoms with Crippen molar-refractivity contribution in [2.45, 2.75) is 45.8 Å². The Bertz CT molecular complexity index is 574. The minimum absolute atomic E-state index is 0.0223. The normalized spacial score (nSPS) is 24.0. The zero-order chi connectivity index (χ0) is 19.2. The number of hydrogen-bond donors (Lipinski definition) is 3. The third kappa shape index (κ3) is 5.19. The lowest BCUT2D eigenvalue weighted by molar-refractivity contribution is -0.165. The van der Waals surface area contributed by atoms with Gasteiger partial charge in [0, 0.05) is 19.6 Å². The Balaban J connectivity index is 2.04. The number of aliphatic carboxylic acids is 1. The standard InChI is InChI=1S/C20H31NO5/c1-15(2)7-9-20(19(24)25)14-21(10-8-18(20)23)13-16-3-5-17(6-4-16)26-12-11-22/h3-6,15,18,22-23H,7-14H2,1-2H3,(H,24,25)/t18-,20+/m0/s1. The molecule has 3 N–H and O–H groups in total. The van der Waals surface area contributed by atoms with Crippen molar-refractivity contribution in [2.75, 3.05) is 26.3 Å². The first-order valence-corrected chi connectivity index (χ1v) is 9.34. The van der Waals surface area contributed by atoms with Crippen molar-refractivity contribution in [1.29, 1.82) is 0 Å². The van der Waals surface area contributed by atoms with Gasteiger partial charge in [0.2, 0.25) is 0 Å². The fourth-order valence-electron chi connectivity index (χ4n) is 3.52. The smallest absolute Gasteiger partial charge is 0.313 e. The predicted molar refractivity (Wildman–Crippen MR) is 99.1 cm³/mol. The van der Waals surface area contributed by atoms with Crippen molar-refractivity contribution in [3.63, 3.8) is 0 Å². The van der Waals surface area contributed by atoms with Gasteiger partial charge >= 0.3 is 5.97 Å². The van der Waals surface area contributed by atoms with E-state index in [1.807, 2.05) is 24.3 Å². The van der Waals surface area contributed by atoms with E-state index >= 15 is 0 Å². The van der Waals surface area contributed by atoms with Crippen molar-refractivity contribution < 1.29 is 24.9 Å². The van der Waals surface area contributed by atoms with Crippen LogP contribution < -0.4 is 4.74 Å². The summed E-state index contributed by atoms with van der Waals surface area (Å²) in [6, 6.07) is 7.61. The van der Waals surface area contributed by atoms with E-state index in [-0.39, 0.29) is 13.2 Å². The Morgan fingerprint density at radius 3 is 2.62 bits per heavy atom. The van der Waals surface area contributed by atoms with Crippen LogP contribution >= 0.6 is 0 Å². The molecule has 6 nitrogen and oxygen atoms in total. The zero-order valence-electron chi connectivity index (χ0n) is 15.7. The molecule has 1 aromatic rings. The van der Waals surface area contributed by atoms with E-state index < -0.39 is 17.5 Å². The monoisotopic (exact) mass is 365 g/mol. The van der Waals surface area contributed by atoms with Crippen molar-refractivity contribution in [1.82, 2.24) is 4.90 Å². The van der Waals surface area contributed by atoms with E-state index in [9.17, 15) is 15.0 Å². The SMILES string of the molecule is CC(C)CC[C@@]1(C(=O)O)CN(Cc2ccc(OCCO)cc2)CC[C@@H]1O. The summed E-state index contributed by atoms with van der Waals surface area (Å²) in [5.41, 5.74) is -0.0203. The van der Waals surface area contributed by atoms with Crippen molar-refractivity contribution in [3.05, 3.63) is 29.8 Å². The molecule has 1 heterocycles. The molecule has 2 rings (SSSR count). The largest absolute Gasteiger partial charge is 0.491 e. The van der Waals surface area contributed by atoms with Crippen LogP contribution in [0.25, 0.3) is 0 Å². The maximum Gasteiger partial charge on any atom is 0.313 e. The minimum Gasteiger partial charge on any atom is -0.491 e. The number of carboxylic acids is 1. The second-order valence-electron chi connectivity index (χ2n) is 7.62. The lowest BCUT2D eigenvalue weighted by Crippen LogP contribution is -2.55. The van der Waals surface area contributed by atoms with E-state index in [0.29, 0.717) is 44.1 Å². The molecule has 1 saturated heterocycles. The van der Waals surface area contributed by atoms with Crippen LogP contribution in [0.5, 0.6) is 5.75 Å². The first-order valence-electron chi connectivity index (χ1n) is 9.34. The molecule has 1 fully saturated rings. The average Bonchev–Trinajstić information content (AvgIpc) is 2.61. The highest BCUT2D eigenvalue weighted by molar-refractivity contribution is 5.76. The van der Waals surface area contributed by atoms with Gasteiger partial charge in [-0.15, -0.1) is 0 Å². The number of piperidine rings is 1. The number of aliphatic hydroxyl groups is 2. The number of rotatable bonds is 9. The second kappa shape index (κ2) is 9.35. The Morgan fingerprint density at radius 2 is 2.04 bits per heavy atom. The van der Waals surface area contributed by atoms with E-state index in [2.05, 4.69) is 18.7 Å². The van der Waals surface area contributed by atoms with Gasteiger partial charge in [-0.1, -0.05) is 26.0 Å². The molecule has 0 amide bonds. The Hall–Kier alpha value is -1.63. The quantitative estimate of drug-likeness (QED) is 0.621. The van der Waals surface area contributed by atoms with Gasteiger partial charge < -0.3 is 20.1 Å². The Kier molecular flexibility index (Phi) is 7.43. The highest BCUT2D eigenvalue weighted by Crippen LogP contribution is 2.37. The molecular weight excluding hydrogens is 334 g/mol. The number of likely N-dealkylation sites (tertiary alicyclic amines) is 1. The number of carbonyl (C=O) groups is 1. The summed E-state index contributed by atoms with van der Waals surface area (Å²) in [5, 5.41) is 29.1. The number of ether oxygens (including phenoxy) is 1. The summed E-state index contributed by atoms with van der Waals surface area (Å²) in [4.78, 5) is 14.1. The van der Waals surface area contributed by atoms with Crippen molar-refractivity contribution in [3.8, 4) is 5.75 Å². The molecule has 6 heteroatoms. The molecule has 26 heavy (non-hydrogen) atoms. The molecule has 1 aliphatic heterocycles. The topological polar surface area (TPSA) is 90.2 Å². The molecule has 2 atom stereocenters. The molecule has 0 spiro atoms. The molecule has 0 aliphatic carbocycles. The third-order valence-electron chi connectivity index (χ3n) is 5.15. The van der Waals surface area contributed by atoms with Gasteiger partial charge in [0.15, 0.2) is 0 Å². The molecule has 146 valence electrons. The molecule has 0 saturated carbocycles. The van der Waals surface area contributed by atoms with Crippen molar-refractivity contribution >= 4 is 5.97 Å². The fraction of sp³-hybridized carbons (Fsp3) is 0.650. The van der Waals surface area contributed by atoms with E-state index in [1.165, 1.54) is 0 Å². The third-order valence-corrected chi connectivity index (χ3v) is 5.15. The Labute approximate surface area is 155 Å². The number of carboxylic acid groups (broad SMARTS) is 1. The molecule has 0 bridgehead atoms.